The molecule has 3 aromatic rings. The third-order valence-electron chi connectivity index (χ3n) is 7.90. The van der Waals surface area contributed by atoms with Crippen LogP contribution in [0.4, 0.5) is 17.2 Å². The van der Waals surface area contributed by atoms with Crippen molar-refractivity contribution in [2.45, 2.75) is 69.7 Å². The lowest BCUT2D eigenvalue weighted by molar-refractivity contribution is -0.138. The van der Waals surface area contributed by atoms with Crippen molar-refractivity contribution in [2.75, 3.05) is 23.3 Å². The van der Waals surface area contributed by atoms with Crippen molar-refractivity contribution in [2.24, 2.45) is 11.0 Å². The molecule has 11 heteroatoms. The number of benzene rings is 1. The standard InChI is InChI=1S/C27H34N8O3/c28-34-27(12-4-2-1-3-5-13-27)26-31-21-17-29-33-25(38)23(21)24(32-26)30-19-6-8-20(9-7-19)35-14-10-18(11-15-35)16-22(36)37/h6-9,17-18,28H,1-5,10-16H2,(H,33,38)(H,36,37)(H,30,31,32). The summed E-state index contributed by atoms with van der Waals surface area (Å²) in [5.41, 5.74) is 9.15. The highest BCUT2D eigenvalue weighted by atomic mass is 16.4. The minimum Gasteiger partial charge on any atom is -0.481 e. The Morgan fingerprint density at radius 2 is 1.79 bits per heavy atom. The van der Waals surface area contributed by atoms with E-state index < -0.39 is 11.5 Å². The molecule has 0 bridgehead atoms. The number of aromatic amines is 1. The Labute approximate surface area is 220 Å². The van der Waals surface area contributed by atoms with Crippen molar-refractivity contribution in [3.05, 3.63) is 46.6 Å². The monoisotopic (exact) mass is 518 g/mol. The zero-order chi connectivity index (χ0) is 26.5. The average molecular weight is 519 g/mol. The Kier molecular flexibility index (Phi) is 7.62. The molecule has 0 spiro atoms. The zero-order valence-corrected chi connectivity index (χ0v) is 21.4. The van der Waals surface area contributed by atoms with Gasteiger partial charge in [-0.1, -0.05) is 32.1 Å². The lowest BCUT2D eigenvalue weighted by Gasteiger charge is -2.33. The predicted molar refractivity (Wildman–Crippen MR) is 144 cm³/mol. The molecule has 5 rings (SSSR count). The number of H-pyrrole nitrogens is 1. The number of anilines is 3. The topological polar surface area (TPSA) is 160 Å². The number of carbonyl (C=O) groups is 1. The van der Waals surface area contributed by atoms with Crippen LogP contribution in [-0.4, -0.2) is 44.3 Å². The molecule has 200 valence electrons. The molecule has 2 aliphatic rings. The zero-order valence-electron chi connectivity index (χ0n) is 21.4. The van der Waals surface area contributed by atoms with Crippen LogP contribution in [0.3, 0.4) is 0 Å². The van der Waals surface area contributed by atoms with Crippen molar-refractivity contribution in [1.82, 2.24) is 20.2 Å². The Morgan fingerprint density at radius 1 is 1.11 bits per heavy atom. The maximum atomic E-state index is 12.7. The number of carboxylic acids is 1. The molecule has 2 fully saturated rings. The van der Waals surface area contributed by atoms with E-state index >= 15 is 0 Å². The third kappa shape index (κ3) is 5.51. The Hall–Kier alpha value is -3.89. The van der Waals surface area contributed by atoms with Crippen LogP contribution in [0.5, 0.6) is 0 Å². The van der Waals surface area contributed by atoms with Gasteiger partial charge in [0.15, 0.2) is 5.82 Å². The van der Waals surface area contributed by atoms with E-state index in [2.05, 4.69) is 30.5 Å². The summed E-state index contributed by atoms with van der Waals surface area (Å²) in [6.45, 7) is 1.65. The van der Waals surface area contributed by atoms with Crippen LogP contribution in [0.1, 0.15) is 70.0 Å². The van der Waals surface area contributed by atoms with Gasteiger partial charge in [-0.05, 0) is 55.9 Å². The van der Waals surface area contributed by atoms with Gasteiger partial charge in [0.2, 0.25) is 0 Å². The lowest BCUT2D eigenvalue weighted by atomic mass is 9.84. The smallest absolute Gasteiger partial charge is 0.303 e. The highest BCUT2D eigenvalue weighted by molar-refractivity contribution is 5.89. The third-order valence-corrected chi connectivity index (χ3v) is 7.90. The second-order valence-corrected chi connectivity index (χ2v) is 10.5. The van der Waals surface area contributed by atoms with Gasteiger partial charge in [0.1, 0.15) is 22.3 Å². The fraction of sp³-hybridized carbons (Fsp3) is 0.519. The van der Waals surface area contributed by atoms with Crippen molar-refractivity contribution in [3.63, 3.8) is 0 Å². The van der Waals surface area contributed by atoms with E-state index in [0.717, 1.165) is 63.0 Å². The molecule has 38 heavy (non-hydrogen) atoms. The highest BCUT2D eigenvalue weighted by Crippen LogP contribution is 2.38. The number of fused-ring (bicyclic) bond motifs is 1. The van der Waals surface area contributed by atoms with Gasteiger partial charge in [0.25, 0.3) is 5.56 Å². The van der Waals surface area contributed by atoms with Crippen LogP contribution in [0.15, 0.2) is 40.4 Å². The summed E-state index contributed by atoms with van der Waals surface area (Å²) in [4.78, 5) is 35.5. The molecule has 1 saturated carbocycles. The van der Waals surface area contributed by atoms with Crippen molar-refractivity contribution in [1.29, 1.82) is 5.53 Å². The van der Waals surface area contributed by atoms with Gasteiger partial charge >= 0.3 is 5.97 Å². The van der Waals surface area contributed by atoms with E-state index in [1.165, 1.54) is 12.6 Å². The Morgan fingerprint density at radius 3 is 2.45 bits per heavy atom. The molecular formula is C27H34N8O3. The second-order valence-electron chi connectivity index (χ2n) is 10.5. The van der Waals surface area contributed by atoms with Crippen LogP contribution in [-0.2, 0) is 10.3 Å². The summed E-state index contributed by atoms with van der Waals surface area (Å²) >= 11 is 0. The summed E-state index contributed by atoms with van der Waals surface area (Å²) in [5.74, 6) is 0.332. The number of hydrogen-bond donors (Lipinski definition) is 4. The molecule has 4 N–H and O–H groups in total. The van der Waals surface area contributed by atoms with E-state index in [-0.39, 0.29) is 17.9 Å². The predicted octanol–water partition coefficient (Wildman–Crippen LogP) is 5.12. The summed E-state index contributed by atoms with van der Waals surface area (Å²) < 4.78 is 0. The van der Waals surface area contributed by atoms with Crippen LogP contribution < -0.4 is 15.8 Å². The number of nitrogens with one attached hydrogen (secondary N) is 3. The molecule has 0 radical (unpaired) electrons. The SMILES string of the molecule is N=NC1(c2nc(Nc3ccc(N4CCC(CC(=O)O)CC4)cc3)c3c(=O)[nH]ncc3n2)CCCCCCC1. The van der Waals surface area contributed by atoms with Crippen molar-refractivity contribution >= 4 is 34.1 Å². The molecule has 0 unspecified atom stereocenters. The van der Waals surface area contributed by atoms with Gasteiger partial charge in [0.05, 0.1) is 6.20 Å². The maximum absolute atomic E-state index is 12.7. The number of carboxylic acid groups (broad SMARTS) is 1. The van der Waals surface area contributed by atoms with E-state index in [1.807, 2.05) is 24.3 Å². The first-order valence-corrected chi connectivity index (χ1v) is 13.5. The number of nitrogens with zero attached hydrogens (tertiary/aromatic N) is 5. The van der Waals surface area contributed by atoms with Gasteiger partial charge in [-0.15, -0.1) is 0 Å². The minimum atomic E-state index is -0.801. The fourth-order valence-electron chi connectivity index (χ4n) is 5.71. The van der Waals surface area contributed by atoms with Crippen molar-refractivity contribution in [3.8, 4) is 0 Å². The molecule has 0 atom stereocenters. The first-order chi connectivity index (χ1) is 18.5. The van der Waals surface area contributed by atoms with Crippen LogP contribution in [0.2, 0.25) is 0 Å². The van der Waals surface area contributed by atoms with Gasteiger partial charge in [-0.25, -0.2) is 20.6 Å². The molecule has 11 nitrogen and oxygen atoms in total. The first-order valence-electron chi connectivity index (χ1n) is 13.5. The fourth-order valence-corrected chi connectivity index (χ4v) is 5.71. The summed E-state index contributed by atoms with van der Waals surface area (Å²) in [6.07, 6.45) is 10.2. The second kappa shape index (κ2) is 11.2. The Balaban J connectivity index is 1.41. The van der Waals surface area contributed by atoms with Crippen LogP contribution in [0, 0.1) is 11.4 Å². The Bertz CT molecular complexity index is 1340. The quantitative estimate of drug-likeness (QED) is 0.314. The molecule has 1 aromatic carbocycles. The van der Waals surface area contributed by atoms with E-state index in [4.69, 9.17) is 15.6 Å². The van der Waals surface area contributed by atoms with E-state index in [0.29, 0.717) is 35.4 Å². The molecule has 3 heterocycles. The first kappa shape index (κ1) is 25.7. The number of aliphatic carboxylic acids is 1. The van der Waals surface area contributed by atoms with Crippen LogP contribution >= 0.6 is 0 Å². The molecule has 1 saturated heterocycles. The van der Waals surface area contributed by atoms with Crippen molar-refractivity contribution < 1.29 is 9.90 Å². The number of aromatic nitrogens is 4. The lowest BCUT2D eigenvalue weighted by Crippen LogP contribution is -2.34. The number of hydrogen-bond acceptors (Lipinski definition) is 9. The van der Waals surface area contributed by atoms with Gasteiger partial charge in [-0.2, -0.15) is 10.2 Å². The van der Waals surface area contributed by atoms with Crippen LogP contribution in [0.25, 0.3) is 10.9 Å². The molecular weight excluding hydrogens is 484 g/mol. The summed E-state index contributed by atoms with van der Waals surface area (Å²) in [5, 5.41) is 23.2. The molecule has 2 aromatic heterocycles. The number of piperidine rings is 1. The molecule has 1 aliphatic heterocycles. The van der Waals surface area contributed by atoms with Gasteiger partial charge < -0.3 is 15.3 Å². The number of rotatable bonds is 7. The summed E-state index contributed by atoms with van der Waals surface area (Å²) in [6, 6.07) is 7.93. The molecule has 0 amide bonds. The average Bonchev–Trinajstić information content (AvgIpc) is 2.89. The normalized spacial score (nSPS) is 18.5. The highest BCUT2D eigenvalue weighted by Gasteiger charge is 2.36. The molecule has 1 aliphatic carbocycles. The largest absolute Gasteiger partial charge is 0.481 e. The van der Waals surface area contributed by atoms with Gasteiger partial charge in [0, 0.05) is 30.9 Å². The summed E-state index contributed by atoms with van der Waals surface area (Å²) in [7, 11) is 0. The van der Waals surface area contributed by atoms with Gasteiger partial charge in [-0.3, -0.25) is 9.59 Å². The minimum absolute atomic E-state index is 0.231. The van der Waals surface area contributed by atoms with E-state index in [1.54, 1.807) is 0 Å². The maximum Gasteiger partial charge on any atom is 0.303 e. The van der Waals surface area contributed by atoms with E-state index in [9.17, 15) is 9.59 Å².